The number of aliphatic hydroxyl groups excluding tert-OH is 1. The van der Waals surface area contributed by atoms with Crippen LogP contribution in [0.25, 0.3) is 0 Å². The predicted octanol–water partition coefficient (Wildman–Crippen LogP) is 2.77. The minimum Gasteiger partial charge on any atom is 0 e. The van der Waals surface area contributed by atoms with Gasteiger partial charge in [-0.15, -0.1) is 0 Å². The standard InChI is InChI=1S/C21H26O5.3CO.Fe/c1-25-20-14-10-17(11-15-20)9-12-18(22)7-5-3-4-6-8-19(23)13-16-21(24)26-2;3*1-2;/h3-8,10-11,14-15,18,22H,9,12-13,16H2,1-2H3;;;;/b8-6+;;;;/t18-;;;;/m0..../s1. The van der Waals surface area contributed by atoms with Gasteiger partial charge in [-0.05, 0) is 62.3 Å². The number of aryl methyl sites for hydroxylation is 1. The third kappa shape index (κ3) is 24.1. The minimum absolute atomic E-state index is 0. The molecule has 0 bridgehead atoms. The Labute approximate surface area is 206 Å². The van der Waals surface area contributed by atoms with Gasteiger partial charge in [-0.3, -0.25) is 9.59 Å². The van der Waals surface area contributed by atoms with Crippen molar-refractivity contribution in [2.24, 2.45) is 0 Å². The largest absolute Gasteiger partial charge is 0 e. The number of allylic oxidation sites excluding steroid dienone is 2. The molecule has 1 rings (SSSR count). The smallest absolute Gasteiger partial charge is 0 e. The molecule has 0 aliphatic carbocycles. The van der Waals surface area contributed by atoms with Crippen LogP contribution in [0.2, 0.25) is 0 Å². The summed E-state index contributed by atoms with van der Waals surface area (Å²) in [6.45, 7) is 13.5. The molecule has 1 aromatic carbocycles. The zero-order valence-corrected chi connectivity index (χ0v) is 19.4. The summed E-state index contributed by atoms with van der Waals surface area (Å²) in [6.07, 6.45) is 11.0. The van der Waals surface area contributed by atoms with Gasteiger partial charge in [0.15, 0.2) is 5.78 Å². The number of ketones is 1. The molecule has 178 valence electrons. The minimum atomic E-state index is -0.535. The number of methoxy groups -OCH3 is 2. The molecule has 0 saturated carbocycles. The topological polar surface area (TPSA) is 133 Å². The van der Waals surface area contributed by atoms with E-state index < -0.39 is 12.1 Å². The molecule has 0 heterocycles. The molecule has 0 aromatic heterocycles. The van der Waals surface area contributed by atoms with E-state index in [9.17, 15) is 14.7 Å². The van der Waals surface area contributed by atoms with Crippen LogP contribution in [0.1, 0.15) is 24.8 Å². The maximum absolute atomic E-state index is 11.5. The van der Waals surface area contributed by atoms with E-state index in [4.69, 9.17) is 18.7 Å². The van der Waals surface area contributed by atoms with Crippen LogP contribution in [0.5, 0.6) is 5.75 Å². The average molecular weight is 498 g/mol. The summed E-state index contributed by atoms with van der Waals surface area (Å²) in [5.41, 5.74) is 1.14. The molecule has 1 aromatic rings. The van der Waals surface area contributed by atoms with E-state index in [1.165, 1.54) is 13.2 Å². The number of unbranched alkanes of at least 4 members (excludes halogenated alkanes) is 2. The van der Waals surface area contributed by atoms with Gasteiger partial charge in [0.05, 0.1) is 26.7 Å². The van der Waals surface area contributed by atoms with Crippen LogP contribution in [0.3, 0.4) is 0 Å². The van der Waals surface area contributed by atoms with Crippen molar-refractivity contribution in [1.82, 2.24) is 0 Å². The van der Waals surface area contributed by atoms with Crippen LogP contribution in [0, 0.1) is 45.6 Å². The van der Waals surface area contributed by atoms with Crippen molar-refractivity contribution in [1.29, 1.82) is 0 Å². The number of rotatable bonds is 13. The van der Waals surface area contributed by atoms with Crippen LogP contribution in [-0.2, 0) is 51.8 Å². The molecular weight excluding hydrogens is 472 g/mol. The molecule has 8 nitrogen and oxygen atoms in total. The van der Waals surface area contributed by atoms with Crippen LogP contribution in [0.4, 0.5) is 0 Å². The predicted molar refractivity (Wildman–Crippen MR) is 112 cm³/mol. The van der Waals surface area contributed by atoms with E-state index >= 15 is 0 Å². The zero-order chi connectivity index (χ0) is 25.2. The quantitative estimate of drug-likeness (QED) is 0.112. The van der Waals surface area contributed by atoms with Crippen molar-refractivity contribution < 1.29 is 55.2 Å². The molecule has 0 unspecified atom stereocenters. The number of carbonyl (C=O) groups is 2. The number of ether oxygens (including phenoxy) is 2. The SMILES string of the molecule is COC(=O)CCC(=O)/C=C/[CH][CH][CH][CH][C@H](O)CCc1ccc(OC)cc1.[C-]#[O+].[C-]#[O+].[C-]#[O+].[Fe]. The molecule has 9 heteroatoms. The summed E-state index contributed by atoms with van der Waals surface area (Å²) in [6, 6.07) is 7.77. The summed E-state index contributed by atoms with van der Waals surface area (Å²) >= 11 is 0. The van der Waals surface area contributed by atoms with Crippen molar-refractivity contribution in [3.63, 3.8) is 0 Å². The molecule has 0 fully saturated rings. The number of carbonyl (C=O) groups excluding carboxylic acids is 2. The molecule has 0 saturated heterocycles. The summed E-state index contributed by atoms with van der Waals surface area (Å²) in [5, 5.41) is 9.94. The van der Waals surface area contributed by atoms with Gasteiger partial charge < -0.3 is 14.6 Å². The van der Waals surface area contributed by atoms with Gasteiger partial charge in [0.25, 0.3) is 0 Å². The second kappa shape index (κ2) is 29.6. The molecule has 1 atom stereocenters. The van der Waals surface area contributed by atoms with Crippen LogP contribution >= 0.6 is 0 Å². The third-order valence-electron chi connectivity index (χ3n) is 3.64. The number of benzene rings is 1. The number of hydrogen-bond acceptors (Lipinski definition) is 5. The summed E-state index contributed by atoms with van der Waals surface area (Å²) in [5.74, 6) is 0.286. The Kier molecular flexibility index (Phi) is 34.0. The Morgan fingerprint density at radius 3 is 2.06 bits per heavy atom. The van der Waals surface area contributed by atoms with Gasteiger partial charge in [-0.2, -0.15) is 0 Å². The van der Waals surface area contributed by atoms with Crippen LogP contribution < -0.4 is 4.74 Å². The fourth-order valence-electron chi connectivity index (χ4n) is 2.10. The average Bonchev–Trinajstić information content (AvgIpc) is 2.87. The summed E-state index contributed by atoms with van der Waals surface area (Å²) in [7, 11) is 2.92. The molecular formula is C24H26FeO8. The second-order valence-corrected chi connectivity index (χ2v) is 5.63. The third-order valence-corrected chi connectivity index (χ3v) is 3.64. The number of hydrogen-bond donors (Lipinski definition) is 1. The molecule has 1 N–H and O–H groups in total. The zero-order valence-electron chi connectivity index (χ0n) is 18.3. The van der Waals surface area contributed by atoms with E-state index in [2.05, 4.69) is 24.7 Å². The van der Waals surface area contributed by atoms with Gasteiger partial charge in [-0.1, -0.05) is 18.2 Å². The first-order valence-electron chi connectivity index (χ1n) is 9.08. The fourth-order valence-corrected chi connectivity index (χ4v) is 2.10. The maximum Gasteiger partial charge on any atom is 0 e. The van der Waals surface area contributed by atoms with Crippen LogP contribution in [0.15, 0.2) is 36.4 Å². The summed E-state index contributed by atoms with van der Waals surface area (Å²) < 4.78 is 32.1. The second-order valence-electron chi connectivity index (χ2n) is 5.63. The van der Waals surface area contributed by atoms with E-state index in [0.717, 1.165) is 17.7 Å². The van der Waals surface area contributed by atoms with Gasteiger partial charge in [0.1, 0.15) is 5.75 Å². The first kappa shape index (κ1) is 37.9. The van der Waals surface area contributed by atoms with Crippen molar-refractivity contribution in [2.45, 2.75) is 31.8 Å². The van der Waals surface area contributed by atoms with E-state index in [1.807, 2.05) is 24.3 Å². The van der Waals surface area contributed by atoms with Gasteiger partial charge >= 0.3 is 39.9 Å². The van der Waals surface area contributed by atoms with Crippen molar-refractivity contribution in [3.8, 4) is 5.75 Å². The van der Waals surface area contributed by atoms with Crippen LogP contribution in [-0.4, -0.2) is 37.2 Å². The van der Waals surface area contributed by atoms with Gasteiger partial charge in [-0.25, -0.2) is 0 Å². The fraction of sp³-hybridized carbons (Fsp3) is 0.292. The molecule has 0 amide bonds. The Hall–Kier alpha value is -2.40. The monoisotopic (exact) mass is 498 g/mol. The molecule has 33 heavy (non-hydrogen) atoms. The molecule has 0 aliphatic rings. The van der Waals surface area contributed by atoms with Gasteiger partial charge in [0, 0.05) is 23.5 Å². The number of esters is 1. The van der Waals surface area contributed by atoms with E-state index in [0.29, 0.717) is 6.42 Å². The normalized spacial score (nSPS) is 9.73. The molecule has 0 spiro atoms. The maximum atomic E-state index is 11.5. The van der Waals surface area contributed by atoms with Crippen molar-refractivity contribution in [2.75, 3.05) is 14.2 Å². The first-order valence-corrected chi connectivity index (χ1v) is 9.08. The Morgan fingerprint density at radius 1 is 0.970 bits per heavy atom. The van der Waals surface area contributed by atoms with Crippen molar-refractivity contribution >= 4 is 11.8 Å². The van der Waals surface area contributed by atoms with E-state index in [-0.39, 0.29) is 35.7 Å². The number of aliphatic hydroxyl groups is 1. The Bertz CT molecular complexity index is 678. The summed E-state index contributed by atoms with van der Waals surface area (Å²) in [4.78, 5) is 22.4. The molecule has 0 aliphatic heterocycles. The Balaban J connectivity index is -0.000000553. The van der Waals surface area contributed by atoms with Gasteiger partial charge in [0.2, 0.25) is 0 Å². The van der Waals surface area contributed by atoms with E-state index in [1.54, 1.807) is 38.9 Å². The first-order chi connectivity index (χ1) is 15.5. The Morgan fingerprint density at radius 2 is 1.55 bits per heavy atom. The molecule has 4 radical (unpaired) electrons. The van der Waals surface area contributed by atoms with Crippen molar-refractivity contribution in [3.05, 3.63) is 87.6 Å².